The van der Waals surface area contributed by atoms with Crippen molar-refractivity contribution in [2.24, 2.45) is 0 Å². The van der Waals surface area contributed by atoms with Crippen LogP contribution in [0.15, 0.2) is 64.0 Å². The van der Waals surface area contributed by atoms with E-state index in [2.05, 4.69) is 15.2 Å². The molecule has 8 heteroatoms. The molecule has 0 unspecified atom stereocenters. The van der Waals surface area contributed by atoms with E-state index in [-0.39, 0.29) is 16.6 Å². The van der Waals surface area contributed by atoms with Crippen molar-refractivity contribution in [3.05, 3.63) is 71.5 Å². The molecular formula is C18H17N3O4S. The highest BCUT2D eigenvalue weighted by Gasteiger charge is 2.17. The summed E-state index contributed by atoms with van der Waals surface area (Å²) in [5.74, 6) is 0.271. The fourth-order valence-electron chi connectivity index (χ4n) is 2.24. The largest absolute Gasteiger partial charge is 0.360 e. The fourth-order valence-corrected chi connectivity index (χ4v) is 3.22. The van der Waals surface area contributed by atoms with E-state index in [0.717, 1.165) is 5.56 Å². The standard InChI is InChI=1S/C18H17N3O4S/c1-12-3-7-15(8-4-12)19-18(22)14-5-9-16(10-6-14)26(23,24)21-17-11-13(2)25-20-17/h3-11H,1-2H3,(H,19,22)(H,20,21). The van der Waals surface area contributed by atoms with Crippen molar-refractivity contribution < 1.29 is 17.7 Å². The fraction of sp³-hybridized carbons (Fsp3) is 0.111. The van der Waals surface area contributed by atoms with Crippen LogP contribution in [0.1, 0.15) is 21.7 Å². The molecule has 134 valence electrons. The number of aryl methyl sites for hydroxylation is 2. The molecule has 3 rings (SSSR count). The van der Waals surface area contributed by atoms with Gasteiger partial charge in [-0.25, -0.2) is 8.42 Å². The van der Waals surface area contributed by atoms with Gasteiger partial charge in [0.2, 0.25) is 0 Å². The number of amides is 1. The average molecular weight is 371 g/mol. The molecule has 7 nitrogen and oxygen atoms in total. The van der Waals surface area contributed by atoms with Gasteiger partial charge in [-0.1, -0.05) is 22.9 Å². The summed E-state index contributed by atoms with van der Waals surface area (Å²) in [4.78, 5) is 12.3. The summed E-state index contributed by atoms with van der Waals surface area (Å²) in [6.45, 7) is 3.62. The van der Waals surface area contributed by atoms with E-state index in [1.807, 2.05) is 19.1 Å². The third kappa shape index (κ3) is 4.09. The molecule has 0 aliphatic heterocycles. The van der Waals surface area contributed by atoms with E-state index >= 15 is 0 Å². The Kier molecular flexibility index (Phi) is 4.77. The van der Waals surface area contributed by atoms with Gasteiger partial charge in [0.05, 0.1) is 4.90 Å². The number of benzene rings is 2. The van der Waals surface area contributed by atoms with E-state index < -0.39 is 10.0 Å². The molecule has 0 atom stereocenters. The van der Waals surface area contributed by atoms with Crippen LogP contribution in [0, 0.1) is 13.8 Å². The van der Waals surface area contributed by atoms with Crippen molar-refractivity contribution in [3.8, 4) is 0 Å². The molecule has 1 heterocycles. The van der Waals surface area contributed by atoms with Crippen LogP contribution >= 0.6 is 0 Å². The van der Waals surface area contributed by atoms with Crippen molar-refractivity contribution in [2.75, 3.05) is 10.0 Å². The van der Waals surface area contributed by atoms with Crippen molar-refractivity contribution in [1.82, 2.24) is 5.16 Å². The number of carbonyl (C=O) groups is 1. The Hall–Kier alpha value is -3.13. The first kappa shape index (κ1) is 17.7. The second-order valence-electron chi connectivity index (χ2n) is 5.77. The van der Waals surface area contributed by atoms with E-state index in [0.29, 0.717) is 17.0 Å². The Morgan fingerprint density at radius 2 is 1.65 bits per heavy atom. The minimum absolute atomic E-state index is 0.0186. The summed E-state index contributed by atoms with van der Waals surface area (Å²) in [5, 5.41) is 6.36. The molecule has 0 spiro atoms. The first-order valence-corrected chi connectivity index (χ1v) is 9.26. The van der Waals surface area contributed by atoms with Crippen LogP contribution in [-0.4, -0.2) is 19.5 Å². The number of anilines is 2. The second-order valence-corrected chi connectivity index (χ2v) is 7.46. The van der Waals surface area contributed by atoms with Gasteiger partial charge in [0.25, 0.3) is 15.9 Å². The molecule has 1 aromatic heterocycles. The molecule has 2 aromatic carbocycles. The van der Waals surface area contributed by atoms with Gasteiger partial charge in [0, 0.05) is 17.3 Å². The Morgan fingerprint density at radius 1 is 1.00 bits per heavy atom. The van der Waals surface area contributed by atoms with Crippen LogP contribution in [-0.2, 0) is 10.0 Å². The highest BCUT2D eigenvalue weighted by Crippen LogP contribution is 2.17. The van der Waals surface area contributed by atoms with Gasteiger partial charge in [-0.05, 0) is 50.2 Å². The zero-order valence-electron chi connectivity index (χ0n) is 14.2. The van der Waals surface area contributed by atoms with Gasteiger partial charge in [-0.3, -0.25) is 9.52 Å². The number of rotatable bonds is 5. The summed E-state index contributed by atoms with van der Waals surface area (Å²) >= 11 is 0. The van der Waals surface area contributed by atoms with E-state index in [4.69, 9.17) is 4.52 Å². The molecular weight excluding hydrogens is 354 g/mol. The Morgan fingerprint density at radius 3 is 2.23 bits per heavy atom. The molecule has 2 N–H and O–H groups in total. The summed E-state index contributed by atoms with van der Waals surface area (Å²) in [6.07, 6.45) is 0. The number of hydrogen-bond donors (Lipinski definition) is 2. The van der Waals surface area contributed by atoms with Gasteiger partial charge in [0.15, 0.2) is 5.82 Å². The lowest BCUT2D eigenvalue weighted by molar-refractivity contribution is 0.102. The average Bonchev–Trinajstić information content (AvgIpc) is 3.01. The molecule has 0 bridgehead atoms. The predicted molar refractivity (Wildman–Crippen MR) is 97.6 cm³/mol. The van der Waals surface area contributed by atoms with Gasteiger partial charge in [0.1, 0.15) is 5.76 Å². The van der Waals surface area contributed by atoms with E-state index in [1.165, 1.54) is 30.3 Å². The molecule has 1 amide bonds. The van der Waals surface area contributed by atoms with Crippen LogP contribution in [0.25, 0.3) is 0 Å². The molecule has 0 fully saturated rings. The van der Waals surface area contributed by atoms with Gasteiger partial charge < -0.3 is 9.84 Å². The zero-order chi connectivity index (χ0) is 18.7. The maximum absolute atomic E-state index is 12.3. The lowest BCUT2D eigenvalue weighted by Gasteiger charge is -2.08. The smallest absolute Gasteiger partial charge is 0.263 e. The van der Waals surface area contributed by atoms with Gasteiger partial charge in [-0.15, -0.1) is 0 Å². The number of carbonyl (C=O) groups excluding carboxylic acids is 1. The molecule has 0 aliphatic carbocycles. The van der Waals surface area contributed by atoms with Crippen molar-refractivity contribution >= 4 is 27.4 Å². The Bertz CT molecular complexity index is 1020. The normalized spacial score (nSPS) is 11.2. The molecule has 26 heavy (non-hydrogen) atoms. The minimum atomic E-state index is -3.81. The zero-order valence-corrected chi connectivity index (χ0v) is 15.0. The summed E-state index contributed by atoms with van der Waals surface area (Å²) in [7, 11) is -3.81. The number of nitrogens with zero attached hydrogens (tertiary/aromatic N) is 1. The highest BCUT2D eigenvalue weighted by molar-refractivity contribution is 7.92. The molecule has 0 saturated carbocycles. The first-order valence-electron chi connectivity index (χ1n) is 7.78. The summed E-state index contributed by atoms with van der Waals surface area (Å²) < 4.78 is 31.8. The Balaban J connectivity index is 1.72. The molecule has 3 aromatic rings. The summed E-state index contributed by atoms with van der Waals surface area (Å²) in [5.41, 5.74) is 2.11. The van der Waals surface area contributed by atoms with Crippen LogP contribution in [0.4, 0.5) is 11.5 Å². The number of nitrogens with one attached hydrogen (secondary N) is 2. The number of hydrogen-bond acceptors (Lipinski definition) is 5. The lowest BCUT2D eigenvalue weighted by atomic mass is 10.2. The monoisotopic (exact) mass is 371 g/mol. The minimum Gasteiger partial charge on any atom is -0.360 e. The molecule has 0 aliphatic rings. The predicted octanol–water partition coefficient (Wildman–Crippen LogP) is 3.34. The highest BCUT2D eigenvalue weighted by atomic mass is 32.2. The van der Waals surface area contributed by atoms with E-state index in [9.17, 15) is 13.2 Å². The maximum atomic E-state index is 12.3. The third-order valence-corrected chi connectivity index (χ3v) is 4.97. The SMILES string of the molecule is Cc1ccc(NC(=O)c2ccc(S(=O)(=O)Nc3cc(C)on3)cc2)cc1. The van der Waals surface area contributed by atoms with Gasteiger partial charge in [-0.2, -0.15) is 0 Å². The van der Waals surface area contributed by atoms with Crippen LogP contribution in [0.3, 0.4) is 0 Å². The number of sulfonamides is 1. The van der Waals surface area contributed by atoms with Crippen LogP contribution in [0.2, 0.25) is 0 Å². The molecule has 0 radical (unpaired) electrons. The van der Waals surface area contributed by atoms with Gasteiger partial charge >= 0.3 is 0 Å². The van der Waals surface area contributed by atoms with Crippen LogP contribution in [0.5, 0.6) is 0 Å². The van der Waals surface area contributed by atoms with Crippen molar-refractivity contribution in [2.45, 2.75) is 18.7 Å². The van der Waals surface area contributed by atoms with Crippen LogP contribution < -0.4 is 10.0 Å². The topological polar surface area (TPSA) is 101 Å². The molecule has 0 saturated heterocycles. The maximum Gasteiger partial charge on any atom is 0.263 e. The number of aromatic nitrogens is 1. The summed E-state index contributed by atoms with van der Waals surface area (Å²) in [6, 6.07) is 14.5. The quantitative estimate of drug-likeness (QED) is 0.716. The lowest BCUT2D eigenvalue weighted by Crippen LogP contribution is -2.15. The Labute approximate surface area is 151 Å². The van der Waals surface area contributed by atoms with E-state index in [1.54, 1.807) is 19.1 Å². The van der Waals surface area contributed by atoms with Crippen molar-refractivity contribution in [1.29, 1.82) is 0 Å². The first-order chi connectivity index (χ1) is 12.3. The van der Waals surface area contributed by atoms with Crippen molar-refractivity contribution in [3.63, 3.8) is 0 Å². The second kappa shape index (κ2) is 7.01. The third-order valence-electron chi connectivity index (χ3n) is 3.60.